The average Bonchev–Trinajstić information content (AvgIpc) is 3.11. The quantitative estimate of drug-likeness (QED) is 0.562. The third kappa shape index (κ3) is 4.16. The van der Waals surface area contributed by atoms with Crippen molar-refractivity contribution >= 4 is 34.2 Å². The molecule has 1 fully saturated rings. The van der Waals surface area contributed by atoms with Crippen molar-refractivity contribution in [3.63, 3.8) is 0 Å². The van der Waals surface area contributed by atoms with Gasteiger partial charge in [-0.2, -0.15) is 0 Å². The number of para-hydroxylation sites is 1. The topological polar surface area (TPSA) is 78.9 Å². The number of fused-ring (bicyclic) bond motifs is 1. The van der Waals surface area contributed by atoms with Gasteiger partial charge in [-0.1, -0.05) is 29.8 Å². The Hall–Kier alpha value is -3.32. The molecule has 0 spiro atoms. The number of aromatic nitrogens is 1. The molecule has 3 N–H and O–H groups in total. The molecule has 156 valence electrons. The van der Waals surface area contributed by atoms with E-state index in [1.807, 2.05) is 43.3 Å². The molecule has 7 heteroatoms. The molecule has 0 radical (unpaired) electrons. The van der Waals surface area contributed by atoms with Crippen LogP contribution < -0.4 is 15.1 Å². The van der Waals surface area contributed by atoms with Crippen molar-refractivity contribution in [3.8, 4) is 0 Å². The van der Waals surface area contributed by atoms with Gasteiger partial charge in [-0.15, -0.1) is 0 Å². The van der Waals surface area contributed by atoms with Crippen molar-refractivity contribution in [2.24, 2.45) is 0 Å². The predicted octanol–water partition coefficient (Wildman–Crippen LogP) is 1.61. The standard InChI is InChI=1S/C23H26N4O3/c1-16-8-9-19-18(14-16)21(22(24-19)23(29)30-2)25-20(28)15-26-10-12-27(13-11-26)17-6-4-3-5-7-17/h3-9,14,24H,10-13,15H2,1-2H3,(H,25,28)/p+1. The first-order valence-corrected chi connectivity index (χ1v) is 10.2. The van der Waals surface area contributed by atoms with Crippen molar-refractivity contribution in [1.82, 2.24) is 4.98 Å². The summed E-state index contributed by atoms with van der Waals surface area (Å²) in [5.74, 6) is -0.603. The van der Waals surface area contributed by atoms with Crippen molar-refractivity contribution < 1.29 is 19.2 Å². The molecule has 0 aliphatic carbocycles. The van der Waals surface area contributed by atoms with E-state index in [-0.39, 0.29) is 11.6 Å². The van der Waals surface area contributed by atoms with Gasteiger partial charge in [0.25, 0.3) is 5.91 Å². The Morgan fingerprint density at radius 1 is 1.13 bits per heavy atom. The van der Waals surface area contributed by atoms with Gasteiger partial charge in [-0.25, -0.2) is 4.79 Å². The summed E-state index contributed by atoms with van der Waals surface area (Å²) in [4.78, 5) is 31.7. The highest BCUT2D eigenvalue weighted by Crippen LogP contribution is 2.29. The first kappa shape index (κ1) is 20.0. The first-order valence-electron chi connectivity index (χ1n) is 10.2. The van der Waals surface area contributed by atoms with Gasteiger partial charge >= 0.3 is 5.97 Å². The molecule has 1 aliphatic rings. The van der Waals surface area contributed by atoms with E-state index in [2.05, 4.69) is 27.3 Å². The number of rotatable bonds is 5. The van der Waals surface area contributed by atoms with E-state index in [1.165, 1.54) is 17.7 Å². The van der Waals surface area contributed by atoms with E-state index in [1.54, 1.807) is 0 Å². The summed E-state index contributed by atoms with van der Waals surface area (Å²) in [5, 5.41) is 3.77. The van der Waals surface area contributed by atoms with Gasteiger partial charge in [0.05, 0.1) is 39.0 Å². The van der Waals surface area contributed by atoms with Crippen molar-refractivity contribution in [2.75, 3.05) is 50.1 Å². The minimum Gasteiger partial charge on any atom is -0.464 e. The molecule has 1 amide bonds. The smallest absolute Gasteiger partial charge is 0.356 e. The third-order valence-electron chi connectivity index (χ3n) is 5.61. The third-order valence-corrected chi connectivity index (χ3v) is 5.61. The fourth-order valence-electron chi connectivity index (χ4n) is 4.00. The number of aryl methyl sites for hydroxylation is 1. The second kappa shape index (κ2) is 8.59. The molecule has 0 bridgehead atoms. The number of nitrogens with one attached hydrogen (secondary N) is 3. The lowest BCUT2D eigenvalue weighted by Gasteiger charge is -2.33. The van der Waals surface area contributed by atoms with Gasteiger partial charge in [0.1, 0.15) is 5.69 Å². The summed E-state index contributed by atoms with van der Waals surface area (Å²) < 4.78 is 4.89. The fourth-order valence-corrected chi connectivity index (χ4v) is 4.00. The number of methoxy groups -OCH3 is 1. The van der Waals surface area contributed by atoms with Crippen LogP contribution in [0.25, 0.3) is 10.9 Å². The number of anilines is 2. The van der Waals surface area contributed by atoms with Gasteiger partial charge in [-0.05, 0) is 31.2 Å². The van der Waals surface area contributed by atoms with Crippen LogP contribution in [0.3, 0.4) is 0 Å². The van der Waals surface area contributed by atoms with Gasteiger partial charge in [0.15, 0.2) is 6.54 Å². The molecule has 1 saturated heterocycles. The van der Waals surface area contributed by atoms with Crippen LogP contribution in [0.4, 0.5) is 11.4 Å². The molecule has 3 aromatic rings. The molecular weight excluding hydrogens is 380 g/mol. The van der Waals surface area contributed by atoms with E-state index < -0.39 is 5.97 Å². The monoisotopic (exact) mass is 407 g/mol. The molecule has 0 unspecified atom stereocenters. The van der Waals surface area contributed by atoms with Crippen LogP contribution >= 0.6 is 0 Å². The Morgan fingerprint density at radius 3 is 2.57 bits per heavy atom. The Morgan fingerprint density at radius 2 is 1.87 bits per heavy atom. The van der Waals surface area contributed by atoms with Crippen LogP contribution in [0.5, 0.6) is 0 Å². The number of hydrogen-bond donors (Lipinski definition) is 3. The molecule has 4 rings (SSSR count). The zero-order valence-electron chi connectivity index (χ0n) is 17.3. The number of amides is 1. The molecule has 0 saturated carbocycles. The van der Waals surface area contributed by atoms with Crippen LogP contribution in [0, 0.1) is 6.92 Å². The Balaban J connectivity index is 1.44. The number of esters is 1. The average molecular weight is 407 g/mol. The van der Waals surface area contributed by atoms with Crippen LogP contribution in [0.2, 0.25) is 0 Å². The number of nitrogens with zero attached hydrogens (tertiary/aromatic N) is 1. The van der Waals surface area contributed by atoms with Crippen LogP contribution in [-0.4, -0.2) is 56.7 Å². The minimum absolute atomic E-state index is 0.106. The van der Waals surface area contributed by atoms with E-state index in [0.29, 0.717) is 12.2 Å². The lowest BCUT2D eigenvalue weighted by molar-refractivity contribution is -0.892. The van der Waals surface area contributed by atoms with Crippen molar-refractivity contribution in [3.05, 3.63) is 59.8 Å². The maximum Gasteiger partial charge on any atom is 0.356 e. The summed E-state index contributed by atoms with van der Waals surface area (Å²) in [7, 11) is 1.33. The molecule has 0 atom stereocenters. The minimum atomic E-state index is -0.497. The number of piperazine rings is 1. The van der Waals surface area contributed by atoms with Gasteiger partial charge in [0, 0.05) is 16.6 Å². The number of aromatic amines is 1. The predicted molar refractivity (Wildman–Crippen MR) is 117 cm³/mol. The maximum atomic E-state index is 12.8. The first-order chi connectivity index (χ1) is 14.5. The maximum absolute atomic E-state index is 12.8. The number of hydrogen-bond acceptors (Lipinski definition) is 4. The highest BCUT2D eigenvalue weighted by molar-refractivity contribution is 6.11. The van der Waals surface area contributed by atoms with E-state index in [4.69, 9.17) is 4.74 Å². The second-order valence-electron chi connectivity index (χ2n) is 7.71. The fraction of sp³-hybridized carbons (Fsp3) is 0.304. The highest BCUT2D eigenvalue weighted by Gasteiger charge is 2.25. The normalized spacial score (nSPS) is 14.7. The van der Waals surface area contributed by atoms with E-state index >= 15 is 0 Å². The van der Waals surface area contributed by atoms with Crippen molar-refractivity contribution in [1.29, 1.82) is 0 Å². The molecule has 7 nitrogen and oxygen atoms in total. The summed E-state index contributed by atoms with van der Waals surface area (Å²) >= 11 is 0. The summed E-state index contributed by atoms with van der Waals surface area (Å²) in [6.45, 7) is 5.94. The van der Waals surface area contributed by atoms with E-state index in [0.717, 1.165) is 42.6 Å². The largest absolute Gasteiger partial charge is 0.464 e. The van der Waals surface area contributed by atoms with Gasteiger partial charge in [0.2, 0.25) is 0 Å². The molecule has 1 aliphatic heterocycles. The summed E-state index contributed by atoms with van der Waals surface area (Å²) in [6.07, 6.45) is 0. The number of H-pyrrole nitrogens is 1. The SMILES string of the molecule is COC(=O)c1[nH]c2ccc(C)cc2c1NC(=O)C[NH+]1CCN(c2ccccc2)CC1. The molecule has 2 heterocycles. The zero-order chi connectivity index (χ0) is 21.1. The number of ether oxygens (including phenoxy) is 1. The van der Waals surface area contributed by atoms with E-state index in [9.17, 15) is 9.59 Å². The summed E-state index contributed by atoms with van der Waals surface area (Å²) in [5.41, 5.74) is 3.83. The van der Waals surface area contributed by atoms with Crippen LogP contribution in [-0.2, 0) is 9.53 Å². The Kier molecular flexibility index (Phi) is 5.72. The Labute approximate surface area is 175 Å². The lowest BCUT2D eigenvalue weighted by atomic mass is 10.1. The summed E-state index contributed by atoms with van der Waals surface area (Å²) in [6, 6.07) is 16.2. The number of quaternary nitrogens is 1. The molecular formula is C23H27N4O3+. The van der Waals surface area contributed by atoms with Gasteiger partial charge < -0.3 is 24.8 Å². The van der Waals surface area contributed by atoms with Crippen molar-refractivity contribution in [2.45, 2.75) is 6.92 Å². The van der Waals surface area contributed by atoms with Crippen LogP contribution in [0.1, 0.15) is 16.1 Å². The number of carbonyl (C=O) groups excluding carboxylic acids is 2. The number of benzene rings is 2. The van der Waals surface area contributed by atoms with Gasteiger partial charge in [-0.3, -0.25) is 4.79 Å². The second-order valence-corrected chi connectivity index (χ2v) is 7.71. The molecule has 30 heavy (non-hydrogen) atoms. The highest BCUT2D eigenvalue weighted by atomic mass is 16.5. The van der Waals surface area contributed by atoms with Crippen LogP contribution in [0.15, 0.2) is 48.5 Å². The number of carbonyl (C=O) groups is 2. The molecule has 1 aromatic heterocycles. The molecule has 2 aromatic carbocycles. The Bertz CT molecular complexity index is 1050. The lowest BCUT2D eigenvalue weighted by Crippen LogP contribution is -3.15. The zero-order valence-corrected chi connectivity index (χ0v) is 17.3.